The van der Waals surface area contributed by atoms with Crippen LogP contribution in [0, 0.1) is 11.3 Å². The van der Waals surface area contributed by atoms with Crippen LogP contribution in [0.15, 0.2) is 59.6 Å². The van der Waals surface area contributed by atoms with Crippen LogP contribution in [0.25, 0.3) is 10.9 Å². The van der Waals surface area contributed by atoms with Crippen molar-refractivity contribution in [3.8, 4) is 11.8 Å². The molecular weight excluding hydrogens is 320 g/mol. The third-order valence-corrected chi connectivity index (χ3v) is 4.54. The summed E-state index contributed by atoms with van der Waals surface area (Å²) in [5, 5.41) is 10.8. The van der Waals surface area contributed by atoms with Gasteiger partial charge in [-0.2, -0.15) is 5.26 Å². The zero-order chi connectivity index (χ0) is 16.9. The van der Waals surface area contributed by atoms with E-state index < -0.39 is 0 Å². The van der Waals surface area contributed by atoms with Gasteiger partial charge in [-0.1, -0.05) is 42.1 Å². The molecule has 118 valence electrons. The van der Waals surface area contributed by atoms with Gasteiger partial charge in [0.15, 0.2) is 5.78 Å². The van der Waals surface area contributed by atoms with Crippen LogP contribution in [0.3, 0.4) is 0 Å². The van der Waals surface area contributed by atoms with Gasteiger partial charge in [0.25, 0.3) is 0 Å². The molecular formula is C19H14N2O2S. The van der Waals surface area contributed by atoms with E-state index in [0.29, 0.717) is 21.9 Å². The number of rotatable bonds is 5. The number of ketones is 1. The number of nitriles is 1. The predicted octanol–water partition coefficient (Wildman–Crippen LogP) is 4.09. The van der Waals surface area contributed by atoms with Crippen molar-refractivity contribution in [3.05, 3.63) is 65.7 Å². The van der Waals surface area contributed by atoms with E-state index in [9.17, 15) is 10.1 Å². The number of hydrogen-bond donors (Lipinski definition) is 0. The van der Waals surface area contributed by atoms with Crippen LogP contribution in [-0.2, 0) is 0 Å². The molecule has 0 unspecified atom stereocenters. The summed E-state index contributed by atoms with van der Waals surface area (Å²) >= 11 is 1.28. The second kappa shape index (κ2) is 7.16. The average molecular weight is 334 g/mol. The van der Waals surface area contributed by atoms with Gasteiger partial charge in [0.05, 0.1) is 23.9 Å². The molecule has 2 aromatic carbocycles. The second-order valence-electron chi connectivity index (χ2n) is 5.09. The Kier molecular flexibility index (Phi) is 4.78. The Morgan fingerprint density at radius 3 is 2.71 bits per heavy atom. The standard InChI is InChI=1S/C19H14N2O2S/c1-23-16-8-7-14-9-15(11-20)19(21-17(14)10-16)24-12-18(22)13-5-3-2-4-6-13/h2-10H,12H2,1H3. The molecule has 0 radical (unpaired) electrons. The first-order valence-electron chi connectivity index (χ1n) is 7.31. The molecule has 1 heterocycles. The Labute approximate surface area is 144 Å². The van der Waals surface area contributed by atoms with Crippen molar-refractivity contribution in [2.24, 2.45) is 0 Å². The summed E-state index contributed by atoms with van der Waals surface area (Å²) in [6.45, 7) is 0. The summed E-state index contributed by atoms with van der Waals surface area (Å²) in [4.78, 5) is 16.8. The zero-order valence-electron chi connectivity index (χ0n) is 13.0. The normalized spacial score (nSPS) is 10.3. The number of methoxy groups -OCH3 is 1. The van der Waals surface area contributed by atoms with Crippen LogP contribution in [0.5, 0.6) is 5.75 Å². The van der Waals surface area contributed by atoms with E-state index in [1.165, 1.54) is 11.8 Å². The second-order valence-corrected chi connectivity index (χ2v) is 6.05. The molecule has 0 aliphatic carbocycles. The number of ether oxygens (including phenoxy) is 1. The molecule has 1 aromatic heterocycles. The molecule has 3 aromatic rings. The van der Waals surface area contributed by atoms with Gasteiger partial charge >= 0.3 is 0 Å². The Morgan fingerprint density at radius 1 is 1.21 bits per heavy atom. The van der Waals surface area contributed by atoms with E-state index in [2.05, 4.69) is 11.1 Å². The van der Waals surface area contributed by atoms with Crippen LogP contribution >= 0.6 is 11.8 Å². The SMILES string of the molecule is COc1ccc2cc(C#N)c(SCC(=O)c3ccccc3)nc2c1. The fourth-order valence-electron chi connectivity index (χ4n) is 2.29. The lowest BCUT2D eigenvalue weighted by atomic mass is 10.1. The molecule has 0 N–H and O–H groups in total. The average Bonchev–Trinajstić information content (AvgIpc) is 2.65. The van der Waals surface area contributed by atoms with E-state index in [1.807, 2.05) is 36.4 Å². The van der Waals surface area contributed by atoms with Crippen molar-refractivity contribution in [3.63, 3.8) is 0 Å². The number of carbonyl (C=O) groups is 1. The first-order valence-corrected chi connectivity index (χ1v) is 8.30. The van der Waals surface area contributed by atoms with Crippen LogP contribution in [-0.4, -0.2) is 23.6 Å². The van der Waals surface area contributed by atoms with Gasteiger partial charge in [-0.3, -0.25) is 4.79 Å². The smallest absolute Gasteiger partial charge is 0.173 e. The summed E-state index contributed by atoms with van der Waals surface area (Å²) in [5.41, 5.74) is 1.87. The highest BCUT2D eigenvalue weighted by Crippen LogP contribution is 2.27. The fourth-order valence-corrected chi connectivity index (χ4v) is 3.15. The van der Waals surface area contributed by atoms with E-state index in [1.54, 1.807) is 25.3 Å². The quantitative estimate of drug-likeness (QED) is 0.519. The molecule has 3 rings (SSSR count). The highest BCUT2D eigenvalue weighted by Gasteiger charge is 2.12. The van der Waals surface area contributed by atoms with Crippen LogP contribution in [0.1, 0.15) is 15.9 Å². The third-order valence-electron chi connectivity index (χ3n) is 3.55. The van der Waals surface area contributed by atoms with Gasteiger partial charge in [-0.15, -0.1) is 0 Å². The summed E-state index contributed by atoms with van der Waals surface area (Å²) in [7, 11) is 1.60. The van der Waals surface area contributed by atoms with Crippen molar-refractivity contribution < 1.29 is 9.53 Å². The fraction of sp³-hybridized carbons (Fsp3) is 0.105. The first kappa shape index (κ1) is 16.0. The zero-order valence-corrected chi connectivity index (χ0v) is 13.8. The van der Waals surface area contributed by atoms with Crippen LogP contribution in [0.4, 0.5) is 0 Å². The number of benzene rings is 2. The van der Waals surface area contributed by atoms with Gasteiger partial charge in [-0.05, 0) is 18.2 Å². The molecule has 0 spiro atoms. The van der Waals surface area contributed by atoms with Gasteiger partial charge in [0, 0.05) is 17.0 Å². The maximum atomic E-state index is 12.2. The Bertz CT molecular complexity index is 933. The summed E-state index contributed by atoms with van der Waals surface area (Å²) < 4.78 is 5.21. The Hall–Kier alpha value is -2.84. The predicted molar refractivity (Wildman–Crippen MR) is 94.5 cm³/mol. The van der Waals surface area contributed by atoms with Crippen molar-refractivity contribution in [1.29, 1.82) is 5.26 Å². The lowest BCUT2D eigenvalue weighted by Crippen LogP contribution is -2.02. The van der Waals surface area contributed by atoms with Crippen LogP contribution in [0.2, 0.25) is 0 Å². The molecule has 0 aliphatic rings. The largest absolute Gasteiger partial charge is 0.497 e. The minimum atomic E-state index is 0.0111. The van der Waals surface area contributed by atoms with E-state index in [-0.39, 0.29) is 11.5 Å². The van der Waals surface area contributed by atoms with Gasteiger partial charge in [-0.25, -0.2) is 4.98 Å². The highest BCUT2D eigenvalue weighted by molar-refractivity contribution is 8.00. The number of fused-ring (bicyclic) bond motifs is 1. The maximum absolute atomic E-state index is 12.2. The van der Waals surface area contributed by atoms with Crippen molar-refractivity contribution in [2.75, 3.05) is 12.9 Å². The maximum Gasteiger partial charge on any atom is 0.173 e. The van der Waals surface area contributed by atoms with Gasteiger partial charge in [0.1, 0.15) is 16.8 Å². The molecule has 0 fully saturated rings. The third kappa shape index (κ3) is 3.39. The topological polar surface area (TPSA) is 63.0 Å². The first-order chi connectivity index (χ1) is 11.7. The lowest BCUT2D eigenvalue weighted by molar-refractivity contribution is 0.102. The van der Waals surface area contributed by atoms with Gasteiger partial charge in [0.2, 0.25) is 0 Å². The summed E-state index contributed by atoms with van der Waals surface area (Å²) in [6.07, 6.45) is 0. The monoisotopic (exact) mass is 334 g/mol. The van der Waals surface area contributed by atoms with Crippen molar-refractivity contribution >= 4 is 28.4 Å². The van der Waals surface area contributed by atoms with Gasteiger partial charge < -0.3 is 4.74 Å². The van der Waals surface area contributed by atoms with Crippen molar-refractivity contribution in [1.82, 2.24) is 4.98 Å². The number of thioether (sulfide) groups is 1. The number of carbonyl (C=O) groups excluding carboxylic acids is 1. The lowest BCUT2D eigenvalue weighted by Gasteiger charge is -2.07. The minimum Gasteiger partial charge on any atom is -0.497 e. The number of aromatic nitrogens is 1. The van der Waals surface area contributed by atoms with E-state index in [0.717, 1.165) is 10.9 Å². The number of pyridine rings is 1. The van der Waals surface area contributed by atoms with Crippen molar-refractivity contribution in [2.45, 2.75) is 5.03 Å². The number of Topliss-reactive ketones (excluding diaryl/α,β-unsaturated/α-hetero) is 1. The molecule has 0 amide bonds. The molecule has 24 heavy (non-hydrogen) atoms. The summed E-state index contributed by atoms with van der Waals surface area (Å²) in [6, 6.07) is 18.6. The Balaban J connectivity index is 1.87. The molecule has 0 bridgehead atoms. The van der Waals surface area contributed by atoms with Crippen LogP contribution < -0.4 is 4.74 Å². The molecule has 4 nitrogen and oxygen atoms in total. The van der Waals surface area contributed by atoms with E-state index >= 15 is 0 Å². The highest BCUT2D eigenvalue weighted by atomic mass is 32.2. The molecule has 5 heteroatoms. The van der Waals surface area contributed by atoms with E-state index in [4.69, 9.17) is 4.74 Å². The molecule has 0 atom stereocenters. The molecule has 0 aliphatic heterocycles. The minimum absolute atomic E-state index is 0.0111. The summed E-state index contributed by atoms with van der Waals surface area (Å²) in [5.74, 6) is 0.953. The number of nitrogens with zero attached hydrogens (tertiary/aromatic N) is 2. The molecule has 0 saturated heterocycles. The molecule has 0 saturated carbocycles. The Morgan fingerprint density at radius 2 is 2.00 bits per heavy atom. The number of hydrogen-bond acceptors (Lipinski definition) is 5.